The molecular weight excluding hydrogens is 370 g/mol. The number of amides is 1. The number of nitrogens with zero attached hydrogens (tertiary/aromatic N) is 2. The van der Waals surface area contributed by atoms with E-state index in [0.717, 1.165) is 5.69 Å². The molecule has 1 aliphatic rings. The number of hydrogen-bond donors (Lipinski definition) is 1. The van der Waals surface area contributed by atoms with E-state index >= 15 is 0 Å². The summed E-state index contributed by atoms with van der Waals surface area (Å²) in [6, 6.07) is 17.7. The first-order chi connectivity index (χ1) is 14.1. The van der Waals surface area contributed by atoms with Crippen LogP contribution in [-0.4, -0.2) is 31.1 Å². The zero-order valence-electron chi connectivity index (χ0n) is 16.0. The highest BCUT2D eigenvalue weighted by molar-refractivity contribution is 6.11. The Kier molecular flexibility index (Phi) is 4.87. The van der Waals surface area contributed by atoms with E-state index in [1.807, 2.05) is 18.2 Å². The molecule has 7 nitrogen and oxygen atoms in total. The number of methoxy groups -OCH3 is 2. The van der Waals surface area contributed by atoms with Crippen LogP contribution in [0.15, 0.2) is 66.9 Å². The molecule has 0 aliphatic carbocycles. The third-order valence-electron chi connectivity index (χ3n) is 4.75. The van der Waals surface area contributed by atoms with Gasteiger partial charge in [0.15, 0.2) is 6.17 Å². The third kappa shape index (κ3) is 3.38. The number of ether oxygens (including phenoxy) is 2. The normalized spacial score (nSPS) is 15.0. The zero-order chi connectivity index (χ0) is 20.4. The van der Waals surface area contributed by atoms with Gasteiger partial charge < -0.3 is 14.8 Å². The van der Waals surface area contributed by atoms with E-state index < -0.39 is 12.1 Å². The molecule has 1 atom stereocenters. The maximum absolute atomic E-state index is 13.1. The van der Waals surface area contributed by atoms with Crippen LogP contribution in [0.5, 0.6) is 5.75 Å². The number of carbonyl (C=O) groups excluding carboxylic acids is 2. The Bertz CT molecular complexity index is 1070. The quantitative estimate of drug-likeness (QED) is 0.671. The molecule has 0 radical (unpaired) electrons. The molecule has 0 fully saturated rings. The van der Waals surface area contributed by atoms with Crippen molar-refractivity contribution in [3.8, 4) is 5.75 Å². The zero-order valence-corrected chi connectivity index (χ0v) is 16.0. The molecule has 1 amide bonds. The van der Waals surface area contributed by atoms with Crippen LogP contribution in [0.2, 0.25) is 0 Å². The minimum absolute atomic E-state index is 0.148. The predicted molar refractivity (Wildman–Crippen MR) is 108 cm³/mol. The Morgan fingerprint density at radius 1 is 1.07 bits per heavy atom. The van der Waals surface area contributed by atoms with Crippen molar-refractivity contribution in [2.24, 2.45) is 0 Å². The number of esters is 1. The first-order valence-corrected chi connectivity index (χ1v) is 9.00. The summed E-state index contributed by atoms with van der Waals surface area (Å²) in [6.45, 7) is 0. The number of rotatable bonds is 5. The van der Waals surface area contributed by atoms with Gasteiger partial charge in [0.2, 0.25) is 0 Å². The van der Waals surface area contributed by atoms with Gasteiger partial charge in [-0.25, -0.2) is 4.79 Å². The molecule has 0 spiro atoms. The first-order valence-electron chi connectivity index (χ1n) is 9.00. The van der Waals surface area contributed by atoms with Crippen molar-refractivity contribution in [3.63, 3.8) is 0 Å². The Morgan fingerprint density at radius 2 is 1.86 bits per heavy atom. The van der Waals surface area contributed by atoms with E-state index in [0.29, 0.717) is 28.3 Å². The van der Waals surface area contributed by atoms with Crippen LogP contribution >= 0.6 is 0 Å². The molecule has 3 aromatic rings. The molecule has 0 saturated carbocycles. The van der Waals surface area contributed by atoms with E-state index in [4.69, 9.17) is 9.47 Å². The maximum Gasteiger partial charge on any atom is 0.337 e. The molecule has 7 heteroatoms. The number of nitrogens with one attached hydrogen (secondary N) is 1. The first kappa shape index (κ1) is 18.5. The van der Waals surface area contributed by atoms with Gasteiger partial charge in [0, 0.05) is 18.0 Å². The van der Waals surface area contributed by atoms with Crippen molar-refractivity contribution in [2.75, 3.05) is 24.4 Å². The van der Waals surface area contributed by atoms with Gasteiger partial charge in [0.05, 0.1) is 36.7 Å². The summed E-state index contributed by atoms with van der Waals surface area (Å²) in [5.41, 5.74) is 3.05. The molecule has 1 aliphatic heterocycles. The Morgan fingerprint density at radius 3 is 2.59 bits per heavy atom. The molecule has 0 saturated heterocycles. The van der Waals surface area contributed by atoms with Crippen LogP contribution in [0, 0.1) is 0 Å². The SMILES string of the molecule is COC(=O)c1ccc(NC2c3ncccc3C(=O)N2c2cccc(OC)c2)cc1. The monoisotopic (exact) mass is 389 g/mol. The van der Waals surface area contributed by atoms with E-state index in [2.05, 4.69) is 10.3 Å². The number of fused-ring (bicyclic) bond motifs is 1. The van der Waals surface area contributed by atoms with Crippen LogP contribution in [0.25, 0.3) is 0 Å². The summed E-state index contributed by atoms with van der Waals surface area (Å²) >= 11 is 0. The molecule has 1 N–H and O–H groups in total. The van der Waals surface area contributed by atoms with E-state index in [-0.39, 0.29) is 5.91 Å². The molecule has 0 bridgehead atoms. The molecule has 2 heterocycles. The van der Waals surface area contributed by atoms with Crippen LogP contribution in [0.1, 0.15) is 32.6 Å². The lowest BCUT2D eigenvalue weighted by Gasteiger charge is -2.27. The fraction of sp³-hybridized carbons (Fsp3) is 0.136. The Labute approximate surface area is 167 Å². The highest BCUT2D eigenvalue weighted by Gasteiger charge is 2.39. The van der Waals surface area contributed by atoms with Gasteiger partial charge in [-0.15, -0.1) is 0 Å². The number of benzene rings is 2. The molecule has 146 valence electrons. The average molecular weight is 389 g/mol. The van der Waals surface area contributed by atoms with Crippen molar-refractivity contribution < 1.29 is 19.1 Å². The number of aromatic nitrogens is 1. The van der Waals surface area contributed by atoms with Crippen molar-refractivity contribution in [1.82, 2.24) is 4.98 Å². The maximum atomic E-state index is 13.1. The van der Waals surface area contributed by atoms with E-state index in [9.17, 15) is 9.59 Å². The highest BCUT2D eigenvalue weighted by Crippen LogP contribution is 2.37. The van der Waals surface area contributed by atoms with Gasteiger partial charge in [0.1, 0.15) is 5.75 Å². The van der Waals surface area contributed by atoms with Crippen molar-refractivity contribution in [1.29, 1.82) is 0 Å². The van der Waals surface area contributed by atoms with E-state index in [1.54, 1.807) is 60.7 Å². The van der Waals surface area contributed by atoms with Crippen molar-refractivity contribution in [3.05, 3.63) is 83.7 Å². The molecule has 29 heavy (non-hydrogen) atoms. The van der Waals surface area contributed by atoms with Gasteiger partial charge in [-0.05, 0) is 48.5 Å². The van der Waals surface area contributed by atoms with Gasteiger partial charge >= 0.3 is 5.97 Å². The van der Waals surface area contributed by atoms with Gasteiger partial charge in [-0.3, -0.25) is 14.7 Å². The van der Waals surface area contributed by atoms with Crippen LogP contribution in [-0.2, 0) is 4.74 Å². The second-order valence-electron chi connectivity index (χ2n) is 6.43. The van der Waals surface area contributed by atoms with Crippen molar-refractivity contribution >= 4 is 23.3 Å². The van der Waals surface area contributed by atoms with Gasteiger partial charge in [0.25, 0.3) is 5.91 Å². The average Bonchev–Trinajstić information content (AvgIpc) is 3.05. The molecule has 1 unspecified atom stereocenters. The topological polar surface area (TPSA) is 80.8 Å². The summed E-state index contributed by atoms with van der Waals surface area (Å²) in [5.74, 6) is 0.100. The minimum Gasteiger partial charge on any atom is -0.497 e. The molecule has 2 aromatic carbocycles. The number of anilines is 2. The van der Waals surface area contributed by atoms with E-state index in [1.165, 1.54) is 7.11 Å². The number of carbonyl (C=O) groups is 2. The number of hydrogen-bond acceptors (Lipinski definition) is 6. The van der Waals surface area contributed by atoms with Gasteiger partial charge in [-0.1, -0.05) is 6.07 Å². The smallest absolute Gasteiger partial charge is 0.337 e. The lowest BCUT2D eigenvalue weighted by molar-refractivity contribution is 0.0600. The molecule has 4 rings (SSSR count). The minimum atomic E-state index is -0.505. The fourth-order valence-electron chi connectivity index (χ4n) is 3.32. The number of pyridine rings is 1. The fourth-order valence-corrected chi connectivity index (χ4v) is 3.32. The largest absolute Gasteiger partial charge is 0.497 e. The highest BCUT2D eigenvalue weighted by atomic mass is 16.5. The summed E-state index contributed by atoms with van der Waals surface area (Å²) < 4.78 is 10.0. The lowest BCUT2D eigenvalue weighted by atomic mass is 10.2. The summed E-state index contributed by atoms with van der Waals surface area (Å²) in [7, 11) is 2.92. The lowest BCUT2D eigenvalue weighted by Crippen LogP contribution is -2.32. The van der Waals surface area contributed by atoms with Crippen LogP contribution < -0.4 is 15.0 Å². The Hall–Kier alpha value is -3.87. The van der Waals surface area contributed by atoms with Crippen LogP contribution in [0.3, 0.4) is 0 Å². The Balaban J connectivity index is 1.71. The van der Waals surface area contributed by atoms with Gasteiger partial charge in [-0.2, -0.15) is 0 Å². The standard InChI is InChI=1S/C22H19N3O4/c1-28-17-6-3-5-16(13-17)25-20(19-18(21(25)26)7-4-12-23-19)24-15-10-8-14(9-11-15)22(27)29-2/h3-13,20,24H,1-2H3. The summed E-state index contributed by atoms with van der Waals surface area (Å²) in [4.78, 5) is 30.9. The predicted octanol–water partition coefficient (Wildman–Crippen LogP) is 3.65. The van der Waals surface area contributed by atoms with Crippen LogP contribution in [0.4, 0.5) is 11.4 Å². The molecule has 1 aromatic heterocycles. The summed E-state index contributed by atoms with van der Waals surface area (Å²) in [5, 5.41) is 3.35. The second kappa shape index (κ2) is 7.63. The third-order valence-corrected chi connectivity index (χ3v) is 4.75. The van der Waals surface area contributed by atoms with Crippen molar-refractivity contribution in [2.45, 2.75) is 6.17 Å². The molecular formula is C22H19N3O4. The second-order valence-corrected chi connectivity index (χ2v) is 6.43. The summed E-state index contributed by atoms with van der Waals surface area (Å²) in [6.07, 6.45) is 1.16.